The van der Waals surface area contributed by atoms with E-state index in [4.69, 9.17) is 4.74 Å². The quantitative estimate of drug-likeness (QED) is 0.666. The molecule has 1 aliphatic heterocycles. The predicted octanol–water partition coefficient (Wildman–Crippen LogP) is -0.203. The number of aliphatic hydroxyl groups is 1. The Labute approximate surface area is 103 Å². The fraction of sp³-hybridized carbons (Fsp3) is 1.00. The summed E-state index contributed by atoms with van der Waals surface area (Å²) in [5.41, 5.74) is 0. The average molecular weight is 265 g/mol. The summed E-state index contributed by atoms with van der Waals surface area (Å²) in [6, 6.07) is -0.0141. The molecule has 0 bridgehead atoms. The van der Waals surface area contributed by atoms with Crippen LogP contribution in [0.1, 0.15) is 20.3 Å². The molecule has 1 fully saturated rings. The van der Waals surface area contributed by atoms with E-state index in [1.165, 1.54) is 0 Å². The smallest absolute Gasteiger partial charge is 0.151 e. The molecule has 0 aromatic heterocycles. The minimum Gasteiger partial charge on any atom is -0.389 e. The molecule has 6 heteroatoms. The lowest BCUT2D eigenvalue weighted by atomic mass is 10.2. The van der Waals surface area contributed by atoms with Crippen molar-refractivity contribution in [3.63, 3.8) is 0 Å². The van der Waals surface area contributed by atoms with E-state index in [2.05, 4.69) is 5.32 Å². The van der Waals surface area contributed by atoms with Gasteiger partial charge in [-0.1, -0.05) is 13.8 Å². The Morgan fingerprint density at radius 2 is 2.12 bits per heavy atom. The van der Waals surface area contributed by atoms with Gasteiger partial charge in [0.2, 0.25) is 0 Å². The largest absolute Gasteiger partial charge is 0.389 e. The summed E-state index contributed by atoms with van der Waals surface area (Å²) in [6.45, 7) is 5.42. The molecule has 1 saturated heterocycles. The molecule has 1 heterocycles. The van der Waals surface area contributed by atoms with Crippen molar-refractivity contribution in [1.29, 1.82) is 0 Å². The Kier molecular flexibility index (Phi) is 5.85. The fourth-order valence-electron chi connectivity index (χ4n) is 1.76. The molecular formula is C11H23NO4S. The second-order valence-corrected chi connectivity index (χ2v) is 7.32. The van der Waals surface area contributed by atoms with Crippen LogP contribution in [0.15, 0.2) is 0 Å². The topological polar surface area (TPSA) is 75.6 Å². The van der Waals surface area contributed by atoms with E-state index in [1.807, 2.05) is 13.8 Å². The van der Waals surface area contributed by atoms with E-state index in [0.29, 0.717) is 32.1 Å². The van der Waals surface area contributed by atoms with Gasteiger partial charge in [0.05, 0.1) is 24.2 Å². The van der Waals surface area contributed by atoms with Crippen molar-refractivity contribution in [2.24, 2.45) is 5.92 Å². The first-order chi connectivity index (χ1) is 7.89. The highest BCUT2D eigenvalue weighted by atomic mass is 32.2. The molecule has 0 saturated carbocycles. The van der Waals surface area contributed by atoms with Gasteiger partial charge in [-0.15, -0.1) is 0 Å². The summed E-state index contributed by atoms with van der Waals surface area (Å²) in [5, 5.41) is 12.7. The number of hydrogen-bond donors (Lipinski definition) is 2. The summed E-state index contributed by atoms with van der Waals surface area (Å²) in [7, 11) is -2.85. The minimum absolute atomic E-state index is 0.0141. The third-order valence-electron chi connectivity index (χ3n) is 2.64. The van der Waals surface area contributed by atoms with Crippen molar-refractivity contribution in [1.82, 2.24) is 5.32 Å². The molecule has 2 N–H and O–H groups in total. The van der Waals surface area contributed by atoms with Gasteiger partial charge in [0.1, 0.15) is 0 Å². The second-order valence-electron chi connectivity index (χ2n) is 5.09. The zero-order valence-electron chi connectivity index (χ0n) is 10.6. The highest BCUT2D eigenvalue weighted by Gasteiger charge is 2.27. The third kappa shape index (κ3) is 6.35. The predicted molar refractivity (Wildman–Crippen MR) is 66.7 cm³/mol. The maximum Gasteiger partial charge on any atom is 0.151 e. The maximum absolute atomic E-state index is 11.2. The van der Waals surface area contributed by atoms with Crippen molar-refractivity contribution in [2.45, 2.75) is 32.4 Å². The van der Waals surface area contributed by atoms with Crippen LogP contribution in [0.3, 0.4) is 0 Å². The maximum atomic E-state index is 11.2. The van der Waals surface area contributed by atoms with Gasteiger partial charge in [0.15, 0.2) is 9.84 Å². The highest BCUT2D eigenvalue weighted by Crippen LogP contribution is 2.10. The summed E-state index contributed by atoms with van der Waals surface area (Å²) in [4.78, 5) is 0. The van der Waals surface area contributed by atoms with E-state index in [-0.39, 0.29) is 17.5 Å². The lowest BCUT2D eigenvalue weighted by Gasteiger charge is -2.16. The Morgan fingerprint density at radius 1 is 1.41 bits per heavy atom. The van der Waals surface area contributed by atoms with E-state index in [0.717, 1.165) is 0 Å². The highest BCUT2D eigenvalue weighted by molar-refractivity contribution is 7.91. The molecule has 0 aliphatic carbocycles. The van der Waals surface area contributed by atoms with Crippen LogP contribution in [0.25, 0.3) is 0 Å². The van der Waals surface area contributed by atoms with Crippen LogP contribution in [0, 0.1) is 5.92 Å². The summed E-state index contributed by atoms with van der Waals surface area (Å²) in [6.07, 6.45) is 0.0686. The number of ether oxygens (including phenoxy) is 1. The molecule has 2 atom stereocenters. The molecule has 0 aromatic rings. The van der Waals surface area contributed by atoms with Gasteiger partial charge in [-0.05, 0) is 12.3 Å². The van der Waals surface area contributed by atoms with Crippen LogP contribution in [0.4, 0.5) is 0 Å². The Hall–Kier alpha value is -0.170. The van der Waals surface area contributed by atoms with E-state index in [9.17, 15) is 13.5 Å². The fourth-order valence-corrected chi connectivity index (χ4v) is 3.47. The second kappa shape index (κ2) is 6.68. The van der Waals surface area contributed by atoms with Crippen molar-refractivity contribution >= 4 is 9.84 Å². The van der Waals surface area contributed by atoms with E-state index >= 15 is 0 Å². The van der Waals surface area contributed by atoms with Gasteiger partial charge in [-0.3, -0.25) is 0 Å². The zero-order chi connectivity index (χ0) is 12.9. The Balaban J connectivity index is 2.10. The minimum atomic E-state index is -2.85. The molecule has 5 nitrogen and oxygen atoms in total. The zero-order valence-corrected chi connectivity index (χ0v) is 11.4. The van der Waals surface area contributed by atoms with Crippen LogP contribution in [-0.4, -0.2) is 56.9 Å². The standard InChI is InChI=1S/C11H23NO4S/c1-9(2)6-16-7-11(13)5-12-10-3-4-17(14,15)8-10/h9-13H,3-8H2,1-2H3. The van der Waals surface area contributed by atoms with Crippen LogP contribution >= 0.6 is 0 Å². The van der Waals surface area contributed by atoms with E-state index < -0.39 is 15.9 Å². The van der Waals surface area contributed by atoms with Gasteiger partial charge in [0.25, 0.3) is 0 Å². The first-order valence-electron chi connectivity index (χ1n) is 6.08. The van der Waals surface area contributed by atoms with Crippen LogP contribution < -0.4 is 5.32 Å². The molecule has 1 aliphatic rings. The van der Waals surface area contributed by atoms with Gasteiger partial charge in [-0.2, -0.15) is 0 Å². The normalized spacial score (nSPS) is 25.3. The summed E-state index contributed by atoms with van der Waals surface area (Å²) in [5.74, 6) is 0.895. The van der Waals surface area contributed by atoms with Gasteiger partial charge < -0.3 is 15.2 Å². The number of aliphatic hydroxyl groups excluding tert-OH is 1. The van der Waals surface area contributed by atoms with Crippen LogP contribution in [0.5, 0.6) is 0 Å². The van der Waals surface area contributed by atoms with Gasteiger partial charge in [-0.25, -0.2) is 8.42 Å². The summed E-state index contributed by atoms with van der Waals surface area (Å²) >= 11 is 0. The monoisotopic (exact) mass is 265 g/mol. The molecule has 1 rings (SSSR count). The number of hydrogen-bond acceptors (Lipinski definition) is 5. The number of nitrogens with one attached hydrogen (secondary N) is 1. The molecule has 102 valence electrons. The Bertz CT molecular complexity index is 315. The van der Waals surface area contributed by atoms with Crippen molar-refractivity contribution in [2.75, 3.05) is 31.3 Å². The summed E-state index contributed by atoms with van der Waals surface area (Å²) < 4.78 is 27.7. The van der Waals surface area contributed by atoms with Crippen molar-refractivity contribution in [3.8, 4) is 0 Å². The number of sulfone groups is 1. The van der Waals surface area contributed by atoms with Crippen LogP contribution in [-0.2, 0) is 14.6 Å². The molecule has 0 radical (unpaired) electrons. The molecule has 17 heavy (non-hydrogen) atoms. The molecule has 0 amide bonds. The SMILES string of the molecule is CC(C)COCC(O)CNC1CCS(=O)(=O)C1. The molecular weight excluding hydrogens is 242 g/mol. The number of rotatable bonds is 7. The lowest BCUT2D eigenvalue weighted by molar-refractivity contribution is 0.0253. The first kappa shape index (κ1) is 14.9. The lowest BCUT2D eigenvalue weighted by Crippen LogP contribution is -2.38. The first-order valence-corrected chi connectivity index (χ1v) is 7.91. The third-order valence-corrected chi connectivity index (χ3v) is 4.40. The molecule has 2 unspecified atom stereocenters. The van der Waals surface area contributed by atoms with Crippen LogP contribution in [0.2, 0.25) is 0 Å². The molecule has 0 aromatic carbocycles. The van der Waals surface area contributed by atoms with Gasteiger partial charge in [0, 0.05) is 19.2 Å². The van der Waals surface area contributed by atoms with Gasteiger partial charge >= 0.3 is 0 Å². The van der Waals surface area contributed by atoms with E-state index in [1.54, 1.807) is 0 Å². The van der Waals surface area contributed by atoms with Crippen molar-refractivity contribution < 1.29 is 18.3 Å². The molecule has 0 spiro atoms. The van der Waals surface area contributed by atoms with Crippen molar-refractivity contribution in [3.05, 3.63) is 0 Å². The average Bonchev–Trinajstić information content (AvgIpc) is 2.55. The Morgan fingerprint density at radius 3 is 2.65 bits per heavy atom.